The van der Waals surface area contributed by atoms with Crippen LogP contribution in [-0.2, 0) is 7.05 Å². The summed E-state index contributed by atoms with van der Waals surface area (Å²) in [4.78, 5) is 8.23. The number of furan rings is 1. The maximum Gasteiger partial charge on any atom is 0.223 e. The average molecular weight is 235 g/mol. The van der Waals surface area contributed by atoms with Crippen molar-refractivity contribution in [1.29, 1.82) is 0 Å². The first-order valence-electron chi connectivity index (χ1n) is 4.64. The van der Waals surface area contributed by atoms with Crippen LogP contribution in [0.2, 0.25) is 5.28 Å². The monoisotopic (exact) mass is 234 g/mol. The second kappa shape index (κ2) is 3.31. The maximum absolute atomic E-state index is 5.85. The van der Waals surface area contributed by atoms with Crippen molar-refractivity contribution in [3.8, 4) is 11.3 Å². The Hall–Kier alpha value is -1.88. The molecule has 0 aliphatic carbocycles. The summed E-state index contributed by atoms with van der Waals surface area (Å²) < 4.78 is 7.04. The first-order valence-corrected chi connectivity index (χ1v) is 5.01. The molecule has 3 aromatic rings. The van der Waals surface area contributed by atoms with Crippen LogP contribution in [0.15, 0.2) is 29.1 Å². The van der Waals surface area contributed by atoms with E-state index in [-0.39, 0.29) is 5.28 Å². The van der Waals surface area contributed by atoms with Crippen LogP contribution in [0.3, 0.4) is 0 Å². The van der Waals surface area contributed by atoms with E-state index in [1.807, 2.05) is 13.2 Å². The quantitative estimate of drug-likeness (QED) is 0.606. The zero-order chi connectivity index (χ0) is 11.1. The van der Waals surface area contributed by atoms with Crippen molar-refractivity contribution in [2.45, 2.75) is 0 Å². The summed E-state index contributed by atoms with van der Waals surface area (Å²) in [6.45, 7) is 0. The Morgan fingerprint density at radius 1 is 1.38 bits per heavy atom. The summed E-state index contributed by atoms with van der Waals surface area (Å²) in [6, 6.07) is 1.75. The van der Waals surface area contributed by atoms with Gasteiger partial charge in [0.25, 0.3) is 0 Å². The molecule has 0 fully saturated rings. The minimum Gasteiger partial charge on any atom is -0.460 e. The van der Waals surface area contributed by atoms with E-state index in [1.165, 1.54) is 0 Å². The molecule has 6 heteroatoms. The second-order valence-electron chi connectivity index (χ2n) is 3.38. The normalized spacial score (nSPS) is 11.1. The van der Waals surface area contributed by atoms with Gasteiger partial charge in [-0.15, -0.1) is 0 Å². The molecule has 0 amide bonds. The number of fused-ring (bicyclic) bond motifs is 1. The van der Waals surface area contributed by atoms with Crippen molar-refractivity contribution < 1.29 is 4.42 Å². The zero-order valence-corrected chi connectivity index (χ0v) is 9.14. The summed E-state index contributed by atoms with van der Waals surface area (Å²) in [6.07, 6.45) is 5.12. The third kappa shape index (κ3) is 1.37. The fourth-order valence-electron chi connectivity index (χ4n) is 1.57. The van der Waals surface area contributed by atoms with E-state index in [0.29, 0.717) is 16.8 Å². The van der Waals surface area contributed by atoms with Crippen LogP contribution in [0.1, 0.15) is 0 Å². The lowest BCUT2D eigenvalue weighted by Gasteiger charge is -1.98. The molecular formula is C10H7ClN4O. The zero-order valence-electron chi connectivity index (χ0n) is 8.38. The van der Waals surface area contributed by atoms with Crippen LogP contribution in [0.4, 0.5) is 0 Å². The molecule has 0 spiro atoms. The predicted molar refractivity (Wildman–Crippen MR) is 59.0 cm³/mol. The number of nitrogens with zero attached hydrogens (tertiary/aromatic N) is 4. The number of halogens is 1. The Kier molecular flexibility index (Phi) is 1.94. The van der Waals surface area contributed by atoms with Crippen LogP contribution in [0.5, 0.6) is 0 Å². The highest BCUT2D eigenvalue weighted by molar-refractivity contribution is 6.28. The van der Waals surface area contributed by atoms with Crippen molar-refractivity contribution >= 4 is 22.7 Å². The van der Waals surface area contributed by atoms with Gasteiger partial charge in [-0.2, -0.15) is 5.10 Å². The maximum atomic E-state index is 5.85. The Bertz CT molecular complexity index is 658. The molecule has 0 aliphatic rings. The van der Waals surface area contributed by atoms with E-state index in [9.17, 15) is 0 Å². The Morgan fingerprint density at radius 3 is 3.00 bits per heavy atom. The number of aromatic nitrogens is 4. The molecule has 0 saturated carbocycles. The predicted octanol–water partition coefficient (Wildman–Crippen LogP) is 2.28. The lowest BCUT2D eigenvalue weighted by atomic mass is 10.2. The number of aryl methyl sites for hydroxylation is 1. The van der Waals surface area contributed by atoms with Gasteiger partial charge in [-0.25, -0.2) is 9.97 Å². The Labute approximate surface area is 95.7 Å². The van der Waals surface area contributed by atoms with Gasteiger partial charge in [0.2, 0.25) is 5.28 Å². The van der Waals surface area contributed by atoms with E-state index in [0.717, 1.165) is 5.56 Å². The largest absolute Gasteiger partial charge is 0.460 e. The molecule has 0 atom stereocenters. The molecule has 0 aromatic carbocycles. The second-order valence-corrected chi connectivity index (χ2v) is 3.72. The molecule has 3 aromatic heterocycles. The highest BCUT2D eigenvalue weighted by atomic mass is 35.5. The summed E-state index contributed by atoms with van der Waals surface area (Å²) >= 11 is 5.85. The van der Waals surface area contributed by atoms with Gasteiger partial charge < -0.3 is 4.42 Å². The highest BCUT2D eigenvalue weighted by Crippen LogP contribution is 2.27. The van der Waals surface area contributed by atoms with Crippen LogP contribution in [-0.4, -0.2) is 19.7 Å². The standard InChI is InChI=1S/C10H7ClN4O/c1-15-5-6(4-12-15)8-9-7(2-3-16-9)13-10(11)14-8/h2-5H,1H3. The summed E-state index contributed by atoms with van der Waals surface area (Å²) in [5, 5.41) is 4.29. The van der Waals surface area contributed by atoms with Crippen molar-refractivity contribution in [1.82, 2.24) is 19.7 Å². The van der Waals surface area contributed by atoms with Crippen molar-refractivity contribution in [2.24, 2.45) is 7.05 Å². The first kappa shape index (κ1) is 9.35. The molecule has 0 bridgehead atoms. The minimum atomic E-state index is 0.202. The number of rotatable bonds is 1. The highest BCUT2D eigenvalue weighted by Gasteiger charge is 2.12. The van der Waals surface area contributed by atoms with E-state index >= 15 is 0 Å². The number of hydrogen-bond acceptors (Lipinski definition) is 4. The molecule has 0 unspecified atom stereocenters. The fraction of sp³-hybridized carbons (Fsp3) is 0.100. The Balaban J connectivity index is 2.33. The van der Waals surface area contributed by atoms with Crippen LogP contribution < -0.4 is 0 Å². The van der Waals surface area contributed by atoms with Crippen LogP contribution in [0.25, 0.3) is 22.4 Å². The topological polar surface area (TPSA) is 56.7 Å². The van der Waals surface area contributed by atoms with Crippen molar-refractivity contribution in [3.63, 3.8) is 0 Å². The van der Waals surface area contributed by atoms with Crippen molar-refractivity contribution in [2.75, 3.05) is 0 Å². The summed E-state index contributed by atoms with van der Waals surface area (Å²) in [7, 11) is 1.84. The molecular weight excluding hydrogens is 228 g/mol. The van der Waals surface area contributed by atoms with E-state index < -0.39 is 0 Å². The minimum absolute atomic E-state index is 0.202. The smallest absolute Gasteiger partial charge is 0.223 e. The van der Waals surface area contributed by atoms with Gasteiger partial charge in [0, 0.05) is 24.9 Å². The van der Waals surface area contributed by atoms with E-state index in [4.69, 9.17) is 16.0 Å². The van der Waals surface area contributed by atoms with Gasteiger partial charge in [-0.3, -0.25) is 4.68 Å². The molecule has 0 N–H and O–H groups in total. The molecule has 80 valence electrons. The van der Waals surface area contributed by atoms with Gasteiger partial charge in [0.1, 0.15) is 11.2 Å². The molecule has 5 nitrogen and oxygen atoms in total. The van der Waals surface area contributed by atoms with Gasteiger partial charge in [0.05, 0.1) is 12.5 Å². The van der Waals surface area contributed by atoms with Crippen molar-refractivity contribution in [3.05, 3.63) is 30.0 Å². The third-order valence-corrected chi connectivity index (χ3v) is 2.42. The van der Waals surface area contributed by atoms with Gasteiger partial charge in [-0.05, 0) is 11.6 Å². The van der Waals surface area contributed by atoms with E-state index in [2.05, 4.69) is 15.1 Å². The average Bonchev–Trinajstić information content (AvgIpc) is 2.84. The lowest BCUT2D eigenvalue weighted by Crippen LogP contribution is -1.88. The van der Waals surface area contributed by atoms with Gasteiger partial charge >= 0.3 is 0 Å². The molecule has 0 radical (unpaired) electrons. The van der Waals surface area contributed by atoms with Crippen LogP contribution >= 0.6 is 11.6 Å². The lowest BCUT2D eigenvalue weighted by molar-refractivity contribution is 0.615. The molecule has 16 heavy (non-hydrogen) atoms. The first-order chi connectivity index (χ1) is 7.74. The third-order valence-electron chi connectivity index (χ3n) is 2.25. The number of hydrogen-bond donors (Lipinski definition) is 0. The van der Waals surface area contributed by atoms with Crippen LogP contribution in [0, 0.1) is 0 Å². The molecule has 0 saturated heterocycles. The van der Waals surface area contributed by atoms with Gasteiger partial charge in [-0.1, -0.05) is 0 Å². The van der Waals surface area contributed by atoms with Gasteiger partial charge in [0.15, 0.2) is 5.58 Å². The molecule has 3 heterocycles. The van der Waals surface area contributed by atoms with E-state index in [1.54, 1.807) is 23.2 Å². The molecule has 3 rings (SSSR count). The Morgan fingerprint density at radius 2 is 2.25 bits per heavy atom. The summed E-state index contributed by atoms with van der Waals surface area (Å²) in [5.74, 6) is 0. The SMILES string of the molecule is Cn1cc(-c2nc(Cl)nc3ccoc23)cn1. The fourth-order valence-corrected chi connectivity index (χ4v) is 1.75. The summed E-state index contributed by atoms with van der Waals surface area (Å²) in [5.41, 5.74) is 2.83. The molecule has 0 aliphatic heterocycles.